The van der Waals surface area contributed by atoms with Gasteiger partial charge in [-0.05, 0) is 40.2 Å². The molecule has 0 amide bonds. The first-order valence-corrected chi connectivity index (χ1v) is 6.26. The van der Waals surface area contributed by atoms with E-state index in [1.165, 1.54) is 0 Å². The fourth-order valence-corrected chi connectivity index (χ4v) is 1.89. The summed E-state index contributed by atoms with van der Waals surface area (Å²) < 4.78 is 4.96. The molecule has 0 aliphatic carbocycles. The number of nitrogens with zero attached hydrogens (tertiary/aromatic N) is 1. The fourth-order valence-electron chi connectivity index (χ4n) is 1.89. The Labute approximate surface area is 100 Å². The molecule has 2 unspecified atom stereocenters. The zero-order valence-electron chi connectivity index (χ0n) is 11.6. The molecule has 3 nitrogen and oxygen atoms in total. The van der Waals surface area contributed by atoms with Crippen molar-refractivity contribution in [1.29, 1.82) is 0 Å². The Bertz CT molecular complexity index is 204. The van der Waals surface area contributed by atoms with Gasteiger partial charge in [-0.2, -0.15) is 0 Å². The molecule has 0 aliphatic rings. The topological polar surface area (TPSA) is 29.5 Å². The second kappa shape index (κ2) is 7.66. The predicted molar refractivity (Wildman–Crippen MR) is 67.4 cm³/mol. The number of carbonyl (C=O) groups is 1. The molecular formula is C13H27NO2. The fraction of sp³-hybridized carbons (Fsp3) is 0.923. The van der Waals surface area contributed by atoms with E-state index >= 15 is 0 Å². The molecule has 2 atom stereocenters. The van der Waals surface area contributed by atoms with Crippen molar-refractivity contribution < 1.29 is 9.53 Å². The molecule has 0 saturated carbocycles. The maximum Gasteiger partial charge on any atom is 0.307 e. The third-order valence-corrected chi connectivity index (χ3v) is 2.97. The van der Waals surface area contributed by atoms with Crippen LogP contribution in [0.5, 0.6) is 0 Å². The molecule has 0 fully saturated rings. The van der Waals surface area contributed by atoms with Crippen LogP contribution in [-0.4, -0.2) is 36.6 Å². The normalized spacial score (nSPS) is 15.2. The summed E-state index contributed by atoms with van der Waals surface area (Å²) in [6.07, 6.45) is 1.64. The first-order chi connectivity index (χ1) is 7.38. The minimum absolute atomic E-state index is 0.0985. The molecule has 0 aromatic rings. The van der Waals surface area contributed by atoms with Gasteiger partial charge in [0.2, 0.25) is 0 Å². The molecule has 0 saturated heterocycles. The zero-order valence-corrected chi connectivity index (χ0v) is 11.6. The lowest BCUT2D eigenvalue weighted by Gasteiger charge is -2.31. The summed E-state index contributed by atoms with van der Waals surface area (Å²) in [6, 6.07) is 0.747. The molecule has 3 heteroatoms. The number of esters is 1. The van der Waals surface area contributed by atoms with Crippen molar-refractivity contribution in [3.8, 4) is 0 Å². The molecule has 0 heterocycles. The van der Waals surface area contributed by atoms with Gasteiger partial charge in [0.1, 0.15) is 0 Å². The van der Waals surface area contributed by atoms with Crippen LogP contribution in [0.4, 0.5) is 0 Å². The van der Waals surface area contributed by atoms with Crippen LogP contribution in [0.2, 0.25) is 0 Å². The number of rotatable bonds is 7. The Kier molecular flexibility index (Phi) is 7.39. The molecule has 0 rings (SSSR count). The molecule has 16 heavy (non-hydrogen) atoms. The Morgan fingerprint density at radius 1 is 1.19 bits per heavy atom. The first kappa shape index (κ1) is 15.4. The highest BCUT2D eigenvalue weighted by Gasteiger charge is 2.19. The Morgan fingerprint density at radius 3 is 2.19 bits per heavy atom. The van der Waals surface area contributed by atoms with E-state index in [0.717, 1.165) is 6.42 Å². The highest BCUT2D eigenvalue weighted by molar-refractivity contribution is 5.70. The summed E-state index contributed by atoms with van der Waals surface area (Å²) in [5, 5.41) is 0. The third kappa shape index (κ3) is 6.11. The number of hydrogen-bond acceptors (Lipinski definition) is 3. The van der Waals surface area contributed by atoms with Gasteiger partial charge >= 0.3 is 5.97 Å². The summed E-state index contributed by atoms with van der Waals surface area (Å²) in [6.45, 7) is 11.0. The van der Waals surface area contributed by atoms with Gasteiger partial charge in [-0.25, -0.2) is 0 Å². The minimum atomic E-state index is -0.0985. The van der Waals surface area contributed by atoms with Gasteiger partial charge in [0.15, 0.2) is 0 Å². The first-order valence-electron chi connectivity index (χ1n) is 6.26. The van der Waals surface area contributed by atoms with Gasteiger partial charge in [-0.3, -0.25) is 4.79 Å². The van der Waals surface area contributed by atoms with Crippen LogP contribution in [0.15, 0.2) is 0 Å². The van der Waals surface area contributed by atoms with E-state index in [9.17, 15) is 4.79 Å². The molecule has 0 radical (unpaired) electrons. The van der Waals surface area contributed by atoms with Crippen LogP contribution in [0.25, 0.3) is 0 Å². The van der Waals surface area contributed by atoms with Crippen molar-refractivity contribution in [2.75, 3.05) is 13.7 Å². The smallest absolute Gasteiger partial charge is 0.307 e. The molecule has 96 valence electrons. The maximum atomic E-state index is 11.4. The van der Waals surface area contributed by atoms with Gasteiger partial charge in [0.05, 0.1) is 13.0 Å². The van der Waals surface area contributed by atoms with E-state index in [1.54, 1.807) is 0 Å². The van der Waals surface area contributed by atoms with E-state index in [1.807, 2.05) is 6.92 Å². The number of hydrogen-bond donors (Lipinski definition) is 0. The van der Waals surface area contributed by atoms with Crippen molar-refractivity contribution in [2.24, 2.45) is 5.92 Å². The van der Waals surface area contributed by atoms with Crippen molar-refractivity contribution in [2.45, 2.75) is 59.5 Å². The van der Waals surface area contributed by atoms with Crippen LogP contribution in [0, 0.1) is 5.92 Å². The van der Waals surface area contributed by atoms with Crippen molar-refractivity contribution in [3.05, 3.63) is 0 Å². The van der Waals surface area contributed by atoms with Gasteiger partial charge in [-0.1, -0.05) is 13.8 Å². The molecule has 0 spiro atoms. The van der Waals surface area contributed by atoms with Crippen molar-refractivity contribution >= 4 is 5.97 Å². The average molecular weight is 229 g/mol. The molecular weight excluding hydrogens is 202 g/mol. The van der Waals surface area contributed by atoms with E-state index in [4.69, 9.17) is 4.74 Å². The summed E-state index contributed by atoms with van der Waals surface area (Å²) in [5.74, 6) is 0.589. The standard InChI is InChI=1S/C13H27NO2/c1-7-16-13(15)9-12(5)14(6)11(4)8-10(2)3/h10-12H,7-9H2,1-6H3. The highest BCUT2D eigenvalue weighted by atomic mass is 16.5. The SMILES string of the molecule is CCOC(=O)CC(C)N(C)C(C)CC(C)C. The maximum absolute atomic E-state index is 11.4. The lowest BCUT2D eigenvalue weighted by molar-refractivity contribution is -0.144. The van der Waals surface area contributed by atoms with E-state index in [-0.39, 0.29) is 12.0 Å². The lowest BCUT2D eigenvalue weighted by Crippen LogP contribution is -2.39. The Morgan fingerprint density at radius 2 is 1.75 bits per heavy atom. The minimum Gasteiger partial charge on any atom is -0.466 e. The van der Waals surface area contributed by atoms with Crippen LogP contribution < -0.4 is 0 Å². The van der Waals surface area contributed by atoms with E-state index in [0.29, 0.717) is 25.0 Å². The number of carbonyl (C=O) groups excluding carboxylic acids is 1. The van der Waals surface area contributed by atoms with Gasteiger partial charge < -0.3 is 9.64 Å². The van der Waals surface area contributed by atoms with Crippen LogP contribution in [-0.2, 0) is 9.53 Å². The lowest BCUT2D eigenvalue weighted by atomic mass is 10.0. The summed E-state index contributed by atoms with van der Waals surface area (Å²) >= 11 is 0. The number of ether oxygens (including phenoxy) is 1. The quantitative estimate of drug-likeness (QED) is 0.629. The van der Waals surface area contributed by atoms with Crippen LogP contribution in [0.1, 0.15) is 47.5 Å². The monoisotopic (exact) mass is 229 g/mol. The van der Waals surface area contributed by atoms with Crippen molar-refractivity contribution in [1.82, 2.24) is 4.90 Å². The molecule has 0 aliphatic heterocycles. The summed E-state index contributed by atoms with van der Waals surface area (Å²) in [7, 11) is 2.08. The molecule has 0 N–H and O–H groups in total. The largest absolute Gasteiger partial charge is 0.466 e. The second-order valence-corrected chi connectivity index (χ2v) is 5.00. The van der Waals surface area contributed by atoms with Gasteiger partial charge in [0, 0.05) is 12.1 Å². The van der Waals surface area contributed by atoms with Crippen LogP contribution in [0.3, 0.4) is 0 Å². The zero-order chi connectivity index (χ0) is 12.7. The second-order valence-electron chi connectivity index (χ2n) is 5.00. The van der Waals surface area contributed by atoms with Gasteiger partial charge in [-0.15, -0.1) is 0 Å². The van der Waals surface area contributed by atoms with Crippen LogP contribution >= 0.6 is 0 Å². The summed E-state index contributed by atoms with van der Waals surface area (Å²) in [4.78, 5) is 13.6. The van der Waals surface area contributed by atoms with E-state index < -0.39 is 0 Å². The molecule has 0 aromatic heterocycles. The third-order valence-electron chi connectivity index (χ3n) is 2.97. The Hall–Kier alpha value is -0.570. The van der Waals surface area contributed by atoms with E-state index in [2.05, 4.69) is 39.6 Å². The molecule has 0 aromatic carbocycles. The van der Waals surface area contributed by atoms with Gasteiger partial charge in [0.25, 0.3) is 0 Å². The summed E-state index contributed by atoms with van der Waals surface area (Å²) in [5.41, 5.74) is 0. The molecule has 0 bridgehead atoms. The van der Waals surface area contributed by atoms with Crippen molar-refractivity contribution in [3.63, 3.8) is 0 Å². The average Bonchev–Trinajstić information content (AvgIpc) is 2.15. The predicted octanol–water partition coefficient (Wildman–Crippen LogP) is 2.69. The Balaban J connectivity index is 4.06. The highest BCUT2D eigenvalue weighted by Crippen LogP contribution is 2.14.